The molecule has 0 aromatic heterocycles. The van der Waals surface area contributed by atoms with E-state index < -0.39 is 4.92 Å². The molecule has 146 valence electrons. The molecular weight excluding hydrogens is 350 g/mol. The summed E-state index contributed by atoms with van der Waals surface area (Å²) in [6.07, 6.45) is 3.17. The molecule has 27 heavy (non-hydrogen) atoms. The lowest BCUT2D eigenvalue weighted by Gasteiger charge is -2.34. The molecule has 8 nitrogen and oxygen atoms in total. The van der Waals surface area contributed by atoms with Crippen LogP contribution in [0.2, 0.25) is 0 Å². The van der Waals surface area contributed by atoms with E-state index in [-0.39, 0.29) is 30.0 Å². The number of piperidine rings is 1. The van der Waals surface area contributed by atoms with Gasteiger partial charge >= 0.3 is 5.97 Å². The molecule has 0 aliphatic carbocycles. The predicted octanol–water partition coefficient (Wildman–Crippen LogP) is 2.15. The molecule has 0 saturated carbocycles. The maximum atomic E-state index is 12.9. The average Bonchev–Trinajstić information content (AvgIpc) is 2.67. The SMILES string of the molecule is CCOC(=O)C1CCCN(CC(=O)N2CCCc3cc([N+](=O)[O-])ccc32)C1. The Balaban J connectivity index is 1.67. The summed E-state index contributed by atoms with van der Waals surface area (Å²) in [5.41, 5.74) is 1.65. The maximum Gasteiger partial charge on any atom is 0.310 e. The van der Waals surface area contributed by atoms with Crippen LogP contribution in [0.5, 0.6) is 0 Å². The van der Waals surface area contributed by atoms with Gasteiger partial charge in [-0.15, -0.1) is 0 Å². The molecule has 1 fully saturated rings. The van der Waals surface area contributed by atoms with Gasteiger partial charge in [-0.05, 0) is 50.8 Å². The second-order valence-corrected chi connectivity index (χ2v) is 7.05. The summed E-state index contributed by atoms with van der Waals surface area (Å²) in [5.74, 6) is -0.401. The zero-order valence-electron chi connectivity index (χ0n) is 15.6. The van der Waals surface area contributed by atoms with Gasteiger partial charge in [0.2, 0.25) is 5.91 Å². The Morgan fingerprint density at radius 1 is 1.30 bits per heavy atom. The molecule has 1 unspecified atom stereocenters. The Labute approximate surface area is 158 Å². The lowest BCUT2D eigenvalue weighted by molar-refractivity contribution is -0.384. The number of anilines is 1. The van der Waals surface area contributed by atoms with Crippen LogP contribution in [0.25, 0.3) is 0 Å². The highest BCUT2D eigenvalue weighted by Crippen LogP contribution is 2.30. The third kappa shape index (κ3) is 4.44. The minimum Gasteiger partial charge on any atom is -0.466 e. The molecule has 0 spiro atoms. The first kappa shape index (κ1) is 19.3. The number of hydrogen-bond acceptors (Lipinski definition) is 6. The minimum absolute atomic E-state index is 0.0330. The van der Waals surface area contributed by atoms with E-state index in [1.807, 2.05) is 4.90 Å². The number of hydrogen-bond donors (Lipinski definition) is 0. The number of fused-ring (bicyclic) bond motifs is 1. The van der Waals surface area contributed by atoms with Crippen molar-refractivity contribution in [1.82, 2.24) is 4.90 Å². The van der Waals surface area contributed by atoms with Gasteiger partial charge in [-0.1, -0.05) is 0 Å². The van der Waals surface area contributed by atoms with Crippen LogP contribution in [0.15, 0.2) is 18.2 Å². The number of nitro benzene ring substituents is 1. The largest absolute Gasteiger partial charge is 0.466 e. The van der Waals surface area contributed by atoms with Gasteiger partial charge in [-0.25, -0.2) is 0 Å². The lowest BCUT2D eigenvalue weighted by Crippen LogP contribution is -2.47. The monoisotopic (exact) mass is 375 g/mol. The molecule has 1 saturated heterocycles. The second-order valence-electron chi connectivity index (χ2n) is 7.05. The van der Waals surface area contributed by atoms with E-state index in [4.69, 9.17) is 4.74 Å². The number of aryl methyl sites for hydroxylation is 1. The van der Waals surface area contributed by atoms with Crippen molar-refractivity contribution >= 4 is 23.3 Å². The summed E-state index contributed by atoms with van der Waals surface area (Å²) in [6.45, 7) is 4.32. The van der Waals surface area contributed by atoms with Crippen LogP contribution in [-0.4, -0.2) is 54.5 Å². The maximum absolute atomic E-state index is 12.9. The van der Waals surface area contributed by atoms with Crippen molar-refractivity contribution in [3.63, 3.8) is 0 Å². The first-order valence-corrected chi connectivity index (χ1v) is 9.46. The summed E-state index contributed by atoms with van der Waals surface area (Å²) in [6, 6.07) is 4.68. The molecule has 0 radical (unpaired) electrons. The number of benzene rings is 1. The van der Waals surface area contributed by atoms with Crippen molar-refractivity contribution in [3.8, 4) is 0 Å². The molecule has 8 heteroatoms. The molecule has 2 heterocycles. The van der Waals surface area contributed by atoms with Crippen LogP contribution in [-0.2, 0) is 20.7 Å². The van der Waals surface area contributed by atoms with Crippen molar-refractivity contribution in [2.75, 3.05) is 37.7 Å². The molecule has 1 aromatic rings. The summed E-state index contributed by atoms with van der Waals surface area (Å²) in [4.78, 5) is 39.2. The number of carbonyl (C=O) groups is 2. The molecule has 2 aliphatic heterocycles. The molecule has 3 rings (SSSR count). The van der Waals surface area contributed by atoms with Gasteiger partial charge < -0.3 is 9.64 Å². The molecule has 1 amide bonds. The number of likely N-dealkylation sites (tertiary alicyclic amines) is 1. The Bertz CT molecular complexity index is 736. The van der Waals surface area contributed by atoms with Crippen molar-refractivity contribution in [2.24, 2.45) is 5.92 Å². The molecule has 1 aromatic carbocycles. The number of nitro groups is 1. The van der Waals surface area contributed by atoms with Crippen LogP contribution in [0.4, 0.5) is 11.4 Å². The summed E-state index contributed by atoms with van der Waals surface area (Å²) >= 11 is 0. The first-order chi connectivity index (χ1) is 13.0. The van der Waals surface area contributed by atoms with E-state index in [1.165, 1.54) is 6.07 Å². The average molecular weight is 375 g/mol. The Hall–Kier alpha value is -2.48. The quantitative estimate of drug-likeness (QED) is 0.445. The minimum atomic E-state index is -0.412. The van der Waals surface area contributed by atoms with E-state index >= 15 is 0 Å². The Morgan fingerprint density at radius 3 is 2.85 bits per heavy atom. The van der Waals surface area contributed by atoms with Crippen molar-refractivity contribution in [3.05, 3.63) is 33.9 Å². The number of nitrogens with zero attached hydrogens (tertiary/aromatic N) is 3. The zero-order chi connectivity index (χ0) is 19.4. The fraction of sp³-hybridized carbons (Fsp3) is 0.579. The van der Waals surface area contributed by atoms with E-state index in [0.29, 0.717) is 19.7 Å². The van der Waals surface area contributed by atoms with E-state index in [0.717, 1.165) is 43.5 Å². The van der Waals surface area contributed by atoms with Crippen molar-refractivity contribution < 1.29 is 19.2 Å². The summed E-state index contributed by atoms with van der Waals surface area (Å²) in [7, 11) is 0. The third-order valence-corrected chi connectivity index (χ3v) is 5.18. The number of ether oxygens (including phenoxy) is 1. The van der Waals surface area contributed by atoms with E-state index in [9.17, 15) is 19.7 Å². The van der Waals surface area contributed by atoms with E-state index in [2.05, 4.69) is 0 Å². The van der Waals surface area contributed by atoms with Crippen LogP contribution in [0, 0.1) is 16.0 Å². The molecular formula is C19H25N3O5. The van der Waals surface area contributed by atoms with E-state index in [1.54, 1.807) is 24.0 Å². The third-order valence-electron chi connectivity index (χ3n) is 5.18. The fourth-order valence-corrected chi connectivity index (χ4v) is 3.88. The van der Waals surface area contributed by atoms with Gasteiger partial charge in [0.05, 0.1) is 24.0 Å². The van der Waals surface area contributed by atoms with Crippen LogP contribution >= 0.6 is 0 Å². The molecule has 0 N–H and O–H groups in total. The fourth-order valence-electron chi connectivity index (χ4n) is 3.88. The molecule has 0 bridgehead atoms. The van der Waals surface area contributed by atoms with Crippen LogP contribution < -0.4 is 4.90 Å². The van der Waals surface area contributed by atoms with Gasteiger partial charge in [-0.2, -0.15) is 0 Å². The summed E-state index contributed by atoms with van der Waals surface area (Å²) in [5, 5.41) is 11.0. The number of rotatable bonds is 5. The number of non-ortho nitro benzene ring substituents is 1. The number of amides is 1. The highest BCUT2D eigenvalue weighted by Gasteiger charge is 2.30. The second kappa shape index (κ2) is 8.47. The smallest absolute Gasteiger partial charge is 0.310 e. The van der Waals surface area contributed by atoms with Crippen molar-refractivity contribution in [2.45, 2.75) is 32.6 Å². The Kier molecular flexibility index (Phi) is 6.05. The van der Waals surface area contributed by atoms with Gasteiger partial charge in [0.1, 0.15) is 0 Å². The van der Waals surface area contributed by atoms with Gasteiger partial charge in [0, 0.05) is 30.9 Å². The number of carbonyl (C=O) groups excluding carboxylic acids is 2. The molecule has 2 aliphatic rings. The van der Waals surface area contributed by atoms with Crippen LogP contribution in [0.1, 0.15) is 31.7 Å². The van der Waals surface area contributed by atoms with Crippen molar-refractivity contribution in [1.29, 1.82) is 0 Å². The highest BCUT2D eigenvalue weighted by atomic mass is 16.6. The molecule has 1 atom stereocenters. The Morgan fingerprint density at radius 2 is 2.11 bits per heavy atom. The first-order valence-electron chi connectivity index (χ1n) is 9.46. The highest BCUT2D eigenvalue weighted by molar-refractivity contribution is 5.96. The van der Waals surface area contributed by atoms with Gasteiger partial charge in [0.15, 0.2) is 0 Å². The lowest BCUT2D eigenvalue weighted by atomic mass is 9.98. The zero-order valence-corrected chi connectivity index (χ0v) is 15.6. The van der Waals surface area contributed by atoms with Gasteiger partial charge in [0.25, 0.3) is 5.69 Å². The normalized spacial score (nSPS) is 20.0. The number of esters is 1. The standard InChI is InChI=1S/C19H25N3O5/c1-2-27-19(24)15-6-3-9-20(12-15)13-18(23)21-10-4-5-14-11-16(22(25)26)7-8-17(14)21/h7-8,11,15H,2-6,9-10,12-13H2,1H3. The topological polar surface area (TPSA) is 93.0 Å². The van der Waals surface area contributed by atoms with Gasteiger partial charge in [-0.3, -0.25) is 24.6 Å². The van der Waals surface area contributed by atoms with Crippen LogP contribution in [0.3, 0.4) is 0 Å². The predicted molar refractivity (Wildman–Crippen MR) is 99.6 cm³/mol. The summed E-state index contributed by atoms with van der Waals surface area (Å²) < 4.78 is 5.11.